The zero-order valence-corrected chi connectivity index (χ0v) is 13.7. The maximum absolute atomic E-state index is 4.44. The zero-order valence-electron chi connectivity index (χ0n) is 12.1. The van der Waals surface area contributed by atoms with E-state index in [0.29, 0.717) is 0 Å². The van der Waals surface area contributed by atoms with Crippen LogP contribution in [0.3, 0.4) is 0 Å². The van der Waals surface area contributed by atoms with E-state index in [9.17, 15) is 0 Å². The van der Waals surface area contributed by atoms with Gasteiger partial charge in [-0.15, -0.1) is 0 Å². The Bertz CT molecular complexity index is 779. The molecule has 2 aromatic carbocycles. The fraction of sp³-hybridized carbons (Fsp3) is 0.105. The topological polar surface area (TPSA) is 12.9 Å². The fourth-order valence-corrected chi connectivity index (χ4v) is 2.77. The molecule has 2 heteroatoms. The molecule has 1 aromatic heterocycles. The quantitative estimate of drug-likeness (QED) is 0.576. The Morgan fingerprint density at radius 1 is 0.810 bits per heavy atom. The van der Waals surface area contributed by atoms with Crippen molar-refractivity contribution in [2.24, 2.45) is 0 Å². The molecule has 0 bridgehead atoms. The predicted molar refractivity (Wildman–Crippen MR) is 92.3 cm³/mol. The van der Waals surface area contributed by atoms with Crippen LogP contribution in [-0.2, 0) is 0 Å². The minimum absolute atomic E-state index is 1.00. The lowest BCUT2D eigenvalue weighted by Gasteiger charge is -2.10. The summed E-state index contributed by atoms with van der Waals surface area (Å²) in [5, 5.41) is 0. The van der Waals surface area contributed by atoms with Gasteiger partial charge in [-0.05, 0) is 60.4 Å². The Labute approximate surface area is 133 Å². The lowest BCUT2D eigenvalue weighted by Crippen LogP contribution is -1.88. The molecule has 0 aliphatic carbocycles. The number of benzene rings is 2. The van der Waals surface area contributed by atoms with Crippen LogP contribution < -0.4 is 0 Å². The van der Waals surface area contributed by atoms with Crippen LogP contribution in [0, 0.1) is 13.8 Å². The third-order valence-electron chi connectivity index (χ3n) is 3.68. The van der Waals surface area contributed by atoms with Gasteiger partial charge in [0.15, 0.2) is 0 Å². The molecule has 0 saturated heterocycles. The van der Waals surface area contributed by atoms with Gasteiger partial charge in [0.05, 0.1) is 5.69 Å². The van der Waals surface area contributed by atoms with Crippen LogP contribution in [0.15, 0.2) is 65.3 Å². The number of hydrogen-bond acceptors (Lipinski definition) is 1. The second-order valence-electron chi connectivity index (χ2n) is 5.21. The average Bonchev–Trinajstić information content (AvgIpc) is 2.51. The molecule has 104 valence electrons. The van der Waals surface area contributed by atoms with E-state index in [0.717, 1.165) is 15.7 Å². The first-order chi connectivity index (χ1) is 10.1. The number of halogens is 1. The number of nitrogens with zero attached hydrogens (tertiary/aromatic N) is 1. The van der Waals surface area contributed by atoms with Crippen LogP contribution in [0.5, 0.6) is 0 Å². The third kappa shape index (κ3) is 2.91. The molecule has 0 amide bonds. The molecule has 1 heterocycles. The summed E-state index contributed by atoms with van der Waals surface area (Å²) in [6.45, 7) is 4.25. The van der Waals surface area contributed by atoms with E-state index in [-0.39, 0.29) is 0 Å². The van der Waals surface area contributed by atoms with E-state index in [1.54, 1.807) is 0 Å². The highest BCUT2D eigenvalue weighted by atomic mass is 79.9. The van der Waals surface area contributed by atoms with Gasteiger partial charge in [0.25, 0.3) is 0 Å². The van der Waals surface area contributed by atoms with Gasteiger partial charge in [-0.2, -0.15) is 0 Å². The summed E-state index contributed by atoms with van der Waals surface area (Å²) in [6, 6.07) is 19.0. The molecule has 0 saturated carbocycles. The summed E-state index contributed by atoms with van der Waals surface area (Å²) in [7, 11) is 0. The van der Waals surface area contributed by atoms with Gasteiger partial charge in [-0.1, -0.05) is 46.3 Å². The van der Waals surface area contributed by atoms with Gasteiger partial charge in [0, 0.05) is 16.2 Å². The van der Waals surface area contributed by atoms with Gasteiger partial charge in [-0.25, -0.2) is 0 Å². The zero-order chi connectivity index (χ0) is 14.8. The summed E-state index contributed by atoms with van der Waals surface area (Å²) < 4.78 is 1.14. The van der Waals surface area contributed by atoms with Crippen LogP contribution in [0.2, 0.25) is 0 Å². The van der Waals surface area contributed by atoms with Crippen molar-refractivity contribution in [1.29, 1.82) is 0 Å². The van der Waals surface area contributed by atoms with E-state index >= 15 is 0 Å². The van der Waals surface area contributed by atoms with E-state index < -0.39 is 0 Å². The first kappa shape index (κ1) is 14.0. The van der Waals surface area contributed by atoms with Crippen LogP contribution in [0.25, 0.3) is 22.4 Å². The van der Waals surface area contributed by atoms with Gasteiger partial charge >= 0.3 is 0 Å². The highest BCUT2D eigenvalue weighted by molar-refractivity contribution is 9.10. The average molecular weight is 338 g/mol. The highest BCUT2D eigenvalue weighted by Gasteiger charge is 2.07. The van der Waals surface area contributed by atoms with Gasteiger partial charge in [0.2, 0.25) is 0 Å². The van der Waals surface area contributed by atoms with E-state index in [4.69, 9.17) is 0 Å². The summed E-state index contributed by atoms with van der Waals surface area (Å²) in [5.74, 6) is 0. The number of hydrogen-bond donors (Lipinski definition) is 0. The molecular weight excluding hydrogens is 322 g/mol. The molecule has 0 radical (unpaired) electrons. The molecule has 0 atom stereocenters. The fourth-order valence-electron chi connectivity index (χ4n) is 2.39. The lowest BCUT2D eigenvalue weighted by atomic mass is 9.96. The molecule has 3 rings (SSSR count). The van der Waals surface area contributed by atoms with Crippen molar-refractivity contribution in [3.05, 3.63) is 76.4 Å². The summed E-state index contributed by atoms with van der Waals surface area (Å²) in [5.41, 5.74) is 7.14. The molecule has 1 nitrogen and oxygen atoms in total. The molecule has 0 aliphatic heterocycles. The molecule has 21 heavy (non-hydrogen) atoms. The summed E-state index contributed by atoms with van der Waals surface area (Å²) in [4.78, 5) is 4.44. The Balaban J connectivity index is 2.12. The normalized spacial score (nSPS) is 10.6. The Kier molecular flexibility index (Phi) is 3.89. The standard InChI is InChI=1S/C19H16BrN/c1-13-6-9-16(19-5-3-4-10-21-19)11-17(13)15-8-7-14(2)18(20)12-15/h3-12H,1-2H3. The lowest BCUT2D eigenvalue weighted by molar-refractivity contribution is 1.32. The number of pyridine rings is 1. The smallest absolute Gasteiger partial charge is 0.0702 e. The Hall–Kier alpha value is -1.93. The van der Waals surface area contributed by atoms with Gasteiger partial charge in [0.1, 0.15) is 0 Å². The van der Waals surface area contributed by atoms with Crippen LogP contribution in [-0.4, -0.2) is 4.98 Å². The molecule has 0 unspecified atom stereocenters. The van der Waals surface area contributed by atoms with E-state index in [1.807, 2.05) is 24.4 Å². The molecule has 3 aromatic rings. The number of aryl methyl sites for hydroxylation is 2. The first-order valence-corrected chi connectivity index (χ1v) is 7.73. The highest BCUT2D eigenvalue weighted by Crippen LogP contribution is 2.31. The molecular formula is C19H16BrN. The van der Waals surface area contributed by atoms with Crippen LogP contribution in [0.1, 0.15) is 11.1 Å². The maximum atomic E-state index is 4.44. The summed E-state index contributed by atoms with van der Waals surface area (Å²) >= 11 is 3.62. The largest absolute Gasteiger partial charge is 0.256 e. The van der Waals surface area contributed by atoms with Crippen molar-refractivity contribution in [3.8, 4) is 22.4 Å². The molecule has 0 N–H and O–H groups in total. The van der Waals surface area contributed by atoms with Crippen molar-refractivity contribution in [1.82, 2.24) is 4.98 Å². The van der Waals surface area contributed by atoms with E-state index in [2.05, 4.69) is 71.2 Å². The molecule has 0 aliphatic rings. The SMILES string of the molecule is Cc1ccc(-c2cc(-c3ccccn3)ccc2C)cc1Br. The Morgan fingerprint density at radius 3 is 2.29 bits per heavy atom. The summed E-state index contributed by atoms with van der Waals surface area (Å²) in [6.07, 6.45) is 1.83. The molecule has 0 spiro atoms. The number of rotatable bonds is 2. The Morgan fingerprint density at radius 2 is 1.57 bits per heavy atom. The van der Waals surface area contributed by atoms with Gasteiger partial charge in [-0.3, -0.25) is 4.98 Å². The predicted octanol–water partition coefficient (Wildman–Crippen LogP) is 5.79. The monoisotopic (exact) mass is 337 g/mol. The first-order valence-electron chi connectivity index (χ1n) is 6.94. The van der Waals surface area contributed by atoms with Crippen molar-refractivity contribution in [3.63, 3.8) is 0 Å². The number of aromatic nitrogens is 1. The van der Waals surface area contributed by atoms with E-state index in [1.165, 1.54) is 22.3 Å². The van der Waals surface area contributed by atoms with Crippen LogP contribution in [0.4, 0.5) is 0 Å². The van der Waals surface area contributed by atoms with Crippen molar-refractivity contribution in [2.45, 2.75) is 13.8 Å². The minimum Gasteiger partial charge on any atom is -0.256 e. The van der Waals surface area contributed by atoms with Gasteiger partial charge < -0.3 is 0 Å². The van der Waals surface area contributed by atoms with Crippen molar-refractivity contribution in [2.75, 3.05) is 0 Å². The van der Waals surface area contributed by atoms with Crippen molar-refractivity contribution >= 4 is 15.9 Å². The second-order valence-corrected chi connectivity index (χ2v) is 6.06. The van der Waals surface area contributed by atoms with Crippen molar-refractivity contribution < 1.29 is 0 Å². The second kappa shape index (κ2) is 5.82. The third-order valence-corrected chi connectivity index (χ3v) is 4.54. The molecule has 0 fully saturated rings. The van der Waals surface area contributed by atoms with Crippen LogP contribution >= 0.6 is 15.9 Å². The minimum atomic E-state index is 1.00. The maximum Gasteiger partial charge on any atom is 0.0702 e.